The van der Waals surface area contributed by atoms with Crippen molar-refractivity contribution in [2.24, 2.45) is 0 Å². The number of hydrogen-bond acceptors (Lipinski definition) is 5. The number of pyridine rings is 3. The van der Waals surface area contributed by atoms with Crippen molar-refractivity contribution in [3.8, 4) is 33.8 Å². The Morgan fingerprint density at radius 1 is 0.943 bits per heavy atom. The first-order valence-electron chi connectivity index (χ1n) is 11.3. The van der Waals surface area contributed by atoms with Crippen LogP contribution in [0.4, 0.5) is 5.69 Å². The molecule has 6 aromatic rings. The fourth-order valence-corrected chi connectivity index (χ4v) is 4.20. The number of aromatic nitrogens is 6. The predicted molar refractivity (Wildman–Crippen MR) is 137 cm³/mol. The lowest BCUT2D eigenvalue weighted by Crippen LogP contribution is -2.09. The van der Waals surface area contributed by atoms with E-state index in [1.165, 1.54) is 0 Å². The molecule has 0 bridgehead atoms. The molecule has 0 aliphatic rings. The molecule has 0 unspecified atom stereocenters. The molecule has 1 amide bonds. The molecule has 8 nitrogen and oxygen atoms in total. The molecule has 8 heteroatoms. The summed E-state index contributed by atoms with van der Waals surface area (Å²) in [6, 6.07) is 18.0. The van der Waals surface area contributed by atoms with E-state index in [1.54, 1.807) is 18.6 Å². The van der Waals surface area contributed by atoms with Gasteiger partial charge < -0.3 is 10.3 Å². The number of aromatic amines is 2. The van der Waals surface area contributed by atoms with Crippen LogP contribution in [0.1, 0.15) is 13.3 Å². The lowest BCUT2D eigenvalue weighted by Gasteiger charge is -2.06. The Balaban J connectivity index is 1.43. The predicted octanol–water partition coefficient (Wildman–Crippen LogP) is 5.58. The minimum absolute atomic E-state index is 0.0612. The van der Waals surface area contributed by atoms with E-state index in [0.29, 0.717) is 12.1 Å². The molecule has 0 radical (unpaired) electrons. The molecule has 6 rings (SSSR count). The fourth-order valence-electron chi connectivity index (χ4n) is 4.20. The van der Waals surface area contributed by atoms with E-state index in [9.17, 15) is 4.79 Å². The van der Waals surface area contributed by atoms with E-state index in [2.05, 4.69) is 48.7 Å². The van der Waals surface area contributed by atoms with Gasteiger partial charge in [-0.3, -0.25) is 19.9 Å². The van der Waals surface area contributed by atoms with Crippen molar-refractivity contribution in [2.45, 2.75) is 13.3 Å². The number of H-pyrrole nitrogens is 2. The van der Waals surface area contributed by atoms with Gasteiger partial charge in [0.25, 0.3) is 0 Å². The van der Waals surface area contributed by atoms with Crippen LogP contribution in [0.15, 0.2) is 79.4 Å². The summed E-state index contributed by atoms with van der Waals surface area (Å²) in [4.78, 5) is 28.7. The first kappa shape index (κ1) is 20.7. The first-order valence-corrected chi connectivity index (χ1v) is 11.3. The number of fused-ring (bicyclic) bond motifs is 2. The van der Waals surface area contributed by atoms with Crippen LogP contribution < -0.4 is 5.32 Å². The van der Waals surface area contributed by atoms with E-state index >= 15 is 0 Å². The standard InChI is InChI=1S/C27H21N7O/c1-2-25(35)30-18-11-17(14-29-15-18)21-8-9-23-26(32-21)27(34-33-23)24-12-20-19(6-3-7-22(20)31-24)16-5-4-10-28-13-16/h3-15,31H,2H2,1H3,(H,30,35)(H,33,34). The number of benzene rings is 1. The summed E-state index contributed by atoms with van der Waals surface area (Å²) < 4.78 is 0. The van der Waals surface area contributed by atoms with Gasteiger partial charge >= 0.3 is 0 Å². The van der Waals surface area contributed by atoms with Gasteiger partial charge in [0.15, 0.2) is 0 Å². The van der Waals surface area contributed by atoms with Gasteiger partial charge in [0, 0.05) is 47.0 Å². The van der Waals surface area contributed by atoms with Crippen molar-refractivity contribution in [1.29, 1.82) is 0 Å². The summed E-state index contributed by atoms with van der Waals surface area (Å²) in [5, 5.41) is 11.6. The molecule has 35 heavy (non-hydrogen) atoms. The molecule has 0 fully saturated rings. The molecule has 0 atom stereocenters. The second-order valence-electron chi connectivity index (χ2n) is 8.22. The largest absolute Gasteiger partial charge is 0.353 e. The Hall–Kier alpha value is -4.85. The van der Waals surface area contributed by atoms with Crippen LogP contribution in [0.2, 0.25) is 0 Å². The summed E-state index contributed by atoms with van der Waals surface area (Å²) in [5.41, 5.74) is 8.54. The van der Waals surface area contributed by atoms with Crippen molar-refractivity contribution in [3.63, 3.8) is 0 Å². The van der Waals surface area contributed by atoms with Crippen molar-refractivity contribution < 1.29 is 4.79 Å². The number of nitrogens with zero attached hydrogens (tertiary/aromatic N) is 4. The number of anilines is 1. The maximum absolute atomic E-state index is 11.8. The van der Waals surface area contributed by atoms with Crippen LogP contribution in [0, 0.1) is 0 Å². The van der Waals surface area contributed by atoms with Crippen LogP contribution in [-0.4, -0.2) is 36.0 Å². The highest BCUT2D eigenvalue weighted by Crippen LogP contribution is 2.34. The van der Waals surface area contributed by atoms with Gasteiger partial charge in [0.2, 0.25) is 5.91 Å². The average Bonchev–Trinajstić information content (AvgIpc) is 3.53. The molecular formula is C27H21N7O. The first-order chi connectivity index (χ1) is 17.2. The lowest BCUT2D eigenvalue weighted by atomic mass is 10.0. The van der Waals surface area contributed by atoms with Crippen LogP contribution in [0.25, 0.3) is 55.7 Å². The molecule has 0 aliphatic carbocycles. The van der Waals surface area contributed by atoms with Gasteiger partial charge in [-0.25, -0.2) is 4.98 Å². The second-order valence-corrected chi connectivity index (χ2v) is 8.22. The molecule has 0 saturated carbocycles. The van der Waals surface area contributed by atoms with Crippen LogP contribution in [0.3, 0.4) is 0 Å². The second kappa shape index (κ2) is 8.49. The summed E-state index contributed by atoms with van der Waals surface area (Å²) >= 11 is 0. The molecule has 5 heterocycles. The van der Waals surface area contributed by atoms with Gasteiger partial charge in [-0.2, -0.15) is 5.10 Å². The fraction of sp³-hybridized carbons (Fsp3) is 0.0741. The topological polar surface area (TPSA) is 112 Å². The normalized spacial score (nSPS) is 11.2. The minimum atomic E-state index is -0.0612. The zero-order valence-corrected chi connectivity index (χ0v) is 18.9. The summed E-state index contributed by atoms with van der Waals surface area (Å²) in [6.45, 7) is 1.81. The Bertz CT molecular complexity index is 1680. The lowest BCUT2D eigenvalue weighted by molar-refractivity contribution is -0.115. The number of carbonyl (C=O) groups is 1. The quantitative estimate of drug-likeness (QED) is 0.312. The van der Waals surface area contributed by atoms with E-state index in [-0.39, 0.29) is 5.91 Å². The van der Waals surface area contributed by atoms with Crippen molar-refractivity contribution in [2.75, 3.05) is 5.32 Å². The summed E-state index contributed by atoms with van der Waals surface area (Å²) in [6.07, 6.45) is 7.40. The number of amides is 1. The van der Waals surface area contributed by atoms with Crippen molar-refractivity contribution in [1.82, 2.24) is 30.1 Å². The third kappa shape index (κ3) is 3.80. The zero-order chi connectivity index (χ0) is 23.8. The van der Waals surface area contributed by atoms with Crippen LogP contribution >= 0.6 is 0 Å². The number of nitrogens with one attached hydrogen (secondary N) is 3. The Kier molecular flexibility index (Phi) is 5.03. The number of carbonyl (C=O) groups excluding carboxylic acids is 1. The third-order valence-electron chi connectivity index (χ3n) is 5.94. The third-order valence-corrected chi connectivity index (χ3v) is 5.94. The molecule has 5 aromatic heterocycles. The van der Waals surface area contributed by atoms with Crippen LogP contribution in [-0.2, 0) is 4.79 Å². The molecule has 1 aromatic carbocycles. The van der Waals surface area contributed by atoms with Crippen molar-refractivity contribution >= 4 is 33.5 Å². The van der Waals surface area contributed by atoms with Gasteiger partial charge in [0.05, 0.1) is 28.8 Å². The Morgan fingerprint density at radius 2 is 1.86 bits per heavy atom. The summed E-state index contributed by atoms with van der Waals surface area (Å²) in [5.74, 6) is -0.0612. The molecule has 170 valence electrons. The van der Waals surface area contributed by atoms with E-state index in [0.717, 1.165) is 55.7 Å². The molecule has 3 N–H and O–H groups in total. The highest BCUT2D eigenvalue weighted by atomic mass is 16.1. The van der Waals surface area contributed by atoms with E-state index < -0.39 is 0 Å². The average molecular weight is 460 g/mol. The zero-order valence-electron chi connectivity index (χ0n) is 18.9. The maximum Gasteiger partial charge on any atom is 0.224 e. The Morgan fingerprint density at radius 3 is 2.71 bits per heavy atom. The molecular weight excluding hydrogens is 438 g/mol. The highest BCUT2D eigenvalue weighted by molar-refractivity contribution is 6.00. The van der Waals surface area contributed by atoms with E-state index in [1.807, 2.05) is 49.5 Å². The highest BCUT2D eigenvalue weighted by Gasteiger charge is 2.15. The summed E-state index contributed by atoms with van der Waals surface area (Å²) in [7, 11) is 0. The molecule has 0 saturated heterocycles. The van der Waals surface area contributed by atoms with Gasteiger partial charge in [-0.1, -0.05) is 25.1 Å². The molecule has 0 spiro atoms. The van der Waals surface area contributed by atoms with E-state index in [4.69, 9.17) is 4.98 Å². The Labute approximate surface area is 200 Å². The smallest absolute Gasteiger partial charge is 0.224 e. The van der Waals surface area contributed by atoms with Crippen LogP contribution in [0.5, 0.6) is 0 Å². The maximum atomic E-state index is 11.8. The van der Waals surface area contributed by atoms with Gasteiger partial charge in [-0.05, 0) is 42.0 Å². The monoisotopic (exact) mass is 459 g/mol. The number of hydrogen-bond donors (Lipinski definition) is 3. The van der Waals surface area contributed by atoms with Gasteiger partial charge in [-0.15, -0.1) is 0 Å². The molecule has 0 aliphatic heterocycles. The minimum Gasteiger partial charge on any atom is -0.353 e. The number of rotatable bonds is 5. The van der Waals surface area contributed by atoms with Gasteiger partial charge in [0.1, 0.15) is 11.2 Å². The SMILES string of the molecule is CCC(=O)Nc1cncc(-c2ccc3[nH]nc(-c4cc5c(-c6cccnc6)cccc5[nH]4)c3n2)c1. The van der Waals surface area contributed by atoms with Crippen molar-refractivity contribution in [3.05, 3.63) is 79.4 Å².